The smallest absolute Gasteiger partial charge is 0.207 e. The van der Waals surface area contributed by atoms with Crippen molar-refractivity contribution in [2.75, 3.05) is 0 Å². The average molecular weight is 287 g/mol. The molecule has 1 aliphatic carbocycles. The van der Waals surface area contributed by atoms with E-state index in [1.807, 2.05) is 6.07 Å². The van der Waals surface area contributed by atoms with E-state index in [0.29, 0.717) is 0 Å². The molecule has 1 aromatic carbocycles. The summed E-state index contributed by atoms with van der Waals surface area (Å²) in [7, 11) is 1.79. The molecule has 0 unspecified atom stereocenters. The first-order chi connectivity index (χ1) is 8.04. The van der Waals surface area contributed by atoms with Gasteiger partial charge in [-0.3, -0.25) is 0 Å². The molecule has 0 saturated carbocycles. The van der Waals surface area contributed by atoms with Crippen molar-refractivity contribution in [3.8, 4) is 0 Å². The lowest BCUT2D eigenvalue weighted by molar-refractivity contribution is 0.331. The molecule has 0 fully saturated rings. The van der Waals surface area contributed by atoms with Crippen LogP contribution >= 0.6 is 10.7 Å². The molecule has 100 valence electrons. The Labute approximate surface area is 114 Å². The predicted octanol–water partition coefficient (Wildman–Crippen LogP) is 3.96. The van der Waals surface area contributed by atoms with Crippen molar-refractivity contribution in [2.24, 2.45) is 0 Å². The van der Waals surface area contributed by atoms with Gasteiger partial charge < -0.3 is 0 Å². The van der Waals surface area contributed by atoms with E-state index in [1.54, 1.807) is 12.1 Å². The van der Waals surface area contributed by atoms with Gasteiger partial charge in [-0.25, -0.2) is 8.42 Å². The fraction of sp³-hybridized carbons (Fsp3) is 0.571. The highest BCUT2D eigenvalue weighted by atomic mass is 35.7. The summed E-state index contributed by atoms with van der Waals surface area (Å²) in [6, 6.07) is 5.29. The Morgan fingerprint density at radius 1 is 1.00 bits per heavy atom. The molecule has 0 radical (unpaired) electrons. The molecule has 0 aromatic heterocycles. The molecule has 0 atom stereocenters. The molecule has 0 bridgehead atoms. The van der Waals surface area contributed by atoms with Crippen LogP contribution in [0.25, 0.3) is 0 Å². The lowest BCUT2D eigenvalue weighted by atomic mass is 9.63. The van der Waals surface area contributed by atoms with E-state index in [-0.39, 0.29) is 15.7 Å². The Hall–Kier alpha value is -0.540. The summed E-state index contributed by atoms with van der Waals surface area (Å²) in [5, 5.41) is 0. The first-order valence-corrected chi connectivity index (χ1v) is 8.45. The van der Waals surface area contributed by atoms with Crippen LogP contribution in [0.1, 0.15) is 51.7 Å². The molecule has 18 heavy (non-hydrogen) atoms. The summed E-state index contributed by atoms with van der Waals surface area (Å²) in [5.74, 6) is 0. The summed E-state index contributed by atoms with van der Waals surface area (Å²) in [6.45, 7) is 8.73. The van der Waals surface area contributed by atoms with Crippen molar-refractivity contribution in [3.63, 3.8) is 0 Å². The van der Waals surface area contributed by atoms with Gasteiger partial charge in [-0.05, 0) is 46.9 Å². The van der Waals surface area contributed by atoms with Gasteiger partial charge in [0.2, 0.25) is 0 Å². The Kier molecular flexibility index (Phi) is 3.07. The van der Waals surface area contributed by atoms with Gasteiger partial charge in [-0.2, -0.15) is 0 Å². The molecule has 0 aliphatic heterocycles. The largest absolute Gasteiger partial charge is 0.261 e. The second-order valence-corrected chi connectivity index (χ2v) is 8.98. The van der Waals surface area contributed by atoms with Gasteiger partial charge in [0.25, 0.3) is 9.05 Å². The highest BCUT2D eigenvalue weighted by Gasteiger charge is 2.37. The van der Waals surface area contributed by atoms with Gasteiger partial charge in [-0.1, -0.05) is 33.8 Å². The van der Waals surface area contributed by atoms with Gasteiger partial charge in [0.15, 0.2) is 0 Å². The summed E-state index contributed by atoms with van der Waals surface area (Å²) in [5.41, 5.74) is 2.45. The first kappa shape index (κ1) is 13.9. The lowest BCUT2D eigenvalue weighted by Crippen LogP contribution is -2.33. The highest BCUT2D eigenvalue weighted by molar-refractivity contribution is 8.13. The zero-order valence-corrected chi connectivity index (χ0v) is 12.8. The van der Waals surface area contributed by atoms with Crippen LogP contribution in [0.5, 0.6) is 0 Å². The van der Waals surface area contributed by atoms with Crippen molar-refractivity contribution >= 4 is 19.7 Å². The Balaban J connectivity index is 2.70. The number of hydrogen-bond acceptors (Lipinski definition) is 2. The molecule has 0 amide bonds. The van der Waals surface area contributed by atoms with Gasteiger partial charge in [0.1, 0.15) is 0 Å². The molecule has 0 N–H and O–H groups in total. The van der Waals surface area contributed by atoms with E-state index in [1.165, 1.54) is 5.56 Å². The van der Waals surface area contributed by atoms with Crippen LogP contribution in [0, 0.1) is 0 Å². The average Bonchev–Trinajstić information content (AvgIpc) is 2.23. The van der Waals surface area contributed by atoms with E-state index in [2.05, 4.69) is 27.7 Å². The zero-order valence-electron chi connectivity index (χ0n) is 11.2. The summed E-state index contributed by atoms with van der Waals surface area (Å²) < 4.78 is 22.9. The van der Waals surface area contributed by atoms with Gasteiger partial charge in [0, 0.05) is 10.7 Å². The Morgan fingerprint density at radius 3 is 2.00 bits per heavy atom. The van der Waals surface area contributed by atoms with Crippen LogP contribution in [0.15, 0.2) is 23.1 Å². The third-order valence-electron chi connectivity index (χ3n) is 4.11. The first-order valence-electron chi connectivity index (χ1n) is 6.14. The van der Waals surface area contributed by atoms with Gasteiger partial charge in [-0.15, -0.1) is 0 Å². The monoisotopic (exact) mass is 286 g/mol. The normalized spacial score (nSPS) is 21.4. The number of halogens is 1. The van der Waals surface area contributed by atoms with Gasteiger partial charge >= 0.3 is 0 Å². The predicted molar refractivity (Wildman–Crippen MR) is 74.8 cm³/mol. The molecular formula is C14H19ClO2S. The minimum Gasteiger partial charge on any atom is -0.207 e. The van der Waals surface area contributed by atoms with Crippen LogP contribution in [-0.2, 0) is 19.9 Å². The molecule has 2 rings (SSSR count). The van der Waals surface area contributed by atoms with E-state index in [9.17, 15) is 8.42 Å². The molecule has 4 heteroatoms. The van der Waals surface area contributed by atoms with Crippen molar-refractivity contribution in [1.82, 2.24) is 0 Å². The minimum atomic E-state index is -3.65. The number of rotatable bonds is 1. The Morgan fingerprint density at radius 2 is 1.50 bits per heavy atom. The SMILES string of the molecule is CC1(C)CCC(C)(C)c2cc(S(=O)(=O)Cl)ccc21. The van der Waals surface area contributed by atoms with E-state index < -0.39 is 9.05 Å². The number of fused-ring (bicyclic) bond motifs is 1. The molecular weight excluding hydrogens is 268 g/mol. The van der Waals surface area contributed by atoms with Crippen LogP contribution < -0.4 is 0 Å². The van der Waals surface area contributed by atoms with E-state index in [4.69, 9.17) is 10.7 Å². The third kappa shape index (κ3) is 2.30. The summed E-state index contributed by atoms with van der Waals surface area (Å²) >= 11 is 0. The second-order valence-electron chi connectivity index (χ2n) is 6.41. The van der Waals surface area contributed by atoms with Crippen molar-refractivity contribution in [2.45, 2.75) is 56.3 Å². The quantitative estimate of drug-likeness (QED) is 0.732. The molecule has 0 saturated heterocycles. The topological polar surface area (TPSA) is 34.1 Å². The second kappa shape index (κ2) is 3.97. The zero-order chi connectivity index (χ0) is 13.8. The lowest BCUT2D eigenvalue weighted by Gasteiger charge is -2.41. The van der Waals surface area contributed by atoms with Crippen LogP contribution in [-0.4, -0.2) is 8.42 Å². The van der Waals surface area contributed by atoms with Crippen LogP contribution in [0.2, 0.25) is 0 Å². The summed E-state index contributed by atoms with van der Waals surface area (Å²) in [4.78, 5) is 0.202. The number of hydrogen-bond donors (Lipinski definition) is 0. The van der Waals surface area contributed by atoms with E-state index >= 15 is 0 Å². The van der Waals surface area contributed by atoms with Crippen molar-refractivity contribution in [3.05, 3.63) is 29.3 Å². The minimum absolute atomic E-state index is 0.00242. The molecule has 1 aliphatic rings. The fourth-order valence-corrected chi connectivity index (χ4v) is 3.50. The van der Waals surface area contributed by atoms with Gasteiger partial charge in [0.05, 0.1) is 4.90 Å². The maximum Gasteiger partial charge on any atom is 0.261 e. The molecule has 1 aromatic rings. The van der Waals surface area contributed by atoms with Crippen LogP contribution in [0.4, 0.5) is 0 Å². The molecule has 0 heterocycles. The van der Waals surface area contributed by atoms with Crippen molar-refractivity contribution in [1.29, 1.82) is 0 Å². The van der Waals surface area contributed by atoms with Crippen LogP contribution in [0.3, 0.4) is 0 Å². The maximum atomic E-state index is 11.5. The molecule has 2 nitrogen and oxygen atoms in total. The third-order valence-corrected chi connectivity index (χ3v) is 5.46. The Bertz CT molecular complexity index is 586. The fourth-order valence-electron chi connectivity index (χ4n) is 2.72. The standard InChI is InChI=1S/C14H19ClO2S/c1-13(2)7-8-14(3,4)12-9-10(18(15,16)17)5-6-11(12)13/h5-6,9H,7-8H2,1-4H3. The maximum absolute atomic E-state index is 11.5. The highest BCUT2D eigenvalue weighted by Crippen LogP contribution is 2.46. The van der Waals surface area contributed by atoms with E-state index in [0.717, 1.165) is 18.4 Å². The van der Waals surface area contributed by atoms with Crippen molar-refractivity contribution < 1.29 is 8.42 Å². The number of benzene rings is 1. The summed E-state index contributed by atoms with van der Waals surface area (Å²) in [6.07, 6.45) is 2.17. The molecule has 0 spiro atoms.